The molecule has 3 rings (SSSR count). The number of rotatable bonds is 5. The van der Waals surface area contributed by atoms with Crippen molar-refractivity contribution in [1.29, 1.82) is 0 Å². The fourth-order valence-corrected chi connectivity index (χ4v) is 3.00. The van der Waals surface area contributed by atoms with Crippen LogP contribution in [0.4, 0.5) is 13.2 Å². The van der Waals surface area contributed by atoms with Crippen molar-refractivity contribution in [2.45, 2.75) is 22.9 Å². The quantitative estimate of drug-likeness (QED) is 0.700. The fraction of sp³-hybridized carbons (Fsp3) is 0.267. The number of imidazole rings is 1. The zero-order chi connectivity index (χ0) is 17.2. The maximum atomic E-state index is 12.5. The SMILES string of the molecule is COCCn1c(Sc2ccc(C(F)(F)F)nn2)nc2ccccc21. The molecule has 0 saturated carbocycles. The first-order valence-corrected chi connectivity index (χ1v) is 7.83. The number of methoxy groups -OCH3 is 1. The van der Waals surface area contributed by atoms with Crippen molar-refractivity contribution >= 4 is 22.8 Å². The lowest BCUT2D eigenvalue weighted by Gasteiger charge is -2.08. The number of halogens is 3. The molecule has 0 aliphatic rings. The lowest BCUT2D eigenvalue weighted by molar-refractivity contribution is -0.141. The molecular formula is C15H13F3N4OS. The number of nitrogens with zero attached hydrogens (tertiary/aromatic N) is 4. The summed E-state index contributed by atoms with van der Waals surface area (Å²) in [4.78, 5) is 4.51. The van der Waals surface area contributed by atoms with Gasteiger partial charge in [-0.05, 0) is 36.0 Å². The van der Waals surface area contributed by atoms with Crippen molar-refractivity contribution < 1.29 is 17.9 Å². The van der Waals surface area contributed by atoms with Gasteiger partial charge in [0.1, 0.15) is 5.03 Å². The van der Waals surface area contributed by atoms with E-state index in [0.29, 0.717) is 23.3 Å². The van der Waals surface area contributed by atoms with E-state index >= 15 is 0 Å². The Labute approximate surface area is 139 Å². The van der Waals surface area contributed by atoms with Crippen LogP contribution in [0.2, 0.25) is 0 Å². The van der Waals surface area contributed by atoms with E-state index in [1.54, 1.807) is 7.11 Å². The third-order valence-corrected chi connectivity index (χ3v) is 4.19. The predicted molar refractivity (Wildman–Crippen MR) is 82.8 cm³/mol. The molecule has 0 amide bonds. The predicted octanol–water partition coefficient (Wildman–Crippen LogP) is 3.64. The van der Waals surface area contributed by atoms with E-state index in [1.807, 2.05) is 28.8 Å². The molecule has 0 aliphatic heterocycles. The maximum Gasteiger partial charge on any atom is 0.435 e. The van der Waals surface area contributed by atoms with Crippen LogP contribution in [0.3, 0.4) is 0 Å². The number of para-hydroxylation sites is 2. The molecule has 0 N–H and O–H groups in total. The Hall–Kier alpha value is -2.13. The van der Waals surface area contributed by atoms with Gasteiger partial charge in [0.2, 0.25) is 0 Å². The average Bonchev–Trinajstić information content (AvgIpc) is 2.90. The Balaban J connectivity index is 1.91. The Morgan fingerprint density at radius 2 is 1.92 bits per heavy atom. The van der Waals surface area contributed by atoms with Gasteiger partial charge in [-0.25, -0.2) is 4.98 Å². The molecule has 0 radical (unpaired) electrons. The van der Waals surface area contributed by atoms with Crippen molar-refractivity contribution in [3.63, 3.8) is 0 Å². The molecule has 9 heteroatoms. The van der Waals surface area contributed by atoms with Crippen LogP contribution in [0.5, 0.6) is 0 Å². The molecule has 0 spiro atoms. The van der Waals surface area contributed by atoms with E-state index in [4.69, 9.17) is 4.74 Å². The number of aromatic nitrogens is 4. The van der Waals surface area contributed by atoms with Crippen molar-refractivity contribution in [3.8, 4) is 0 Å². The van der Waals surface area contributed by atoms with Crippen LogP contribution in [0.1, 0.15) is 5.69 Å². The zero-order valence-electron chi connectivity index (χ0n) is 12.6. The molecule has 0 aliphatic carbocycles. The summed E-state index contributed by atoms with van der Waals surface area (Å²) in [7, 11) is 1.60. The largest absolute Gasteiger partial charge is 0.435 e. The Morgan fingerprint density at radius 1 is 1.12 bits per heavy atom. The second-order valence-corrected chi connectivity index (χ2v) is 5.87. The molecule has 0 fully saturated rings. The second kappa shape index (κ2) is 6.78. The van der Waals surface area contributed by atoms with Crippen LogP contribution >= 0.6 is 11.8 Å². The average molecular weight is 354 g/mol. The number of alkyl halides is 3. The molecule has 0 atom stereocenters. The third-order valence-electron chi connectivity index (χ3n) is 3.26. The van der Waals surface area contributed by atoms with Crippen LogP contribution in [0, 0.1) is 0 Å². The summed E-state index contributed by atoms with van der Waals surface area (Å²) in [6, 6.07) is 9.79. The van der Waals surface area contributed by atoms with Gasteiger partial charge in [0, 0.05) is 13.7 Å². The molecule has 2 heterocycles. The van der Waals surface area contributed by atoms with Gasteiger partial charge in [-0.2, -0.15) is 13.2 Å². The molecule has 2 aromatic heterocycles. The Bertz CT molecular complexity index is 833. The summed E-state index contributed by atoms with van der Waals surface area (Å²) in [5, 5.41) is 7.85. The van der Waals surface area contributed by atoms with Crippen molar-refractivity contribution in [2.24, 2.45) is 0 Å². The number of fused-ring (bicyclic) bond motifs is 1. The first-order chi connectivity index (χ1) is 11.5. The normalized spacial score (nSPS) is 12.0. The first-order valence-electron chi connectivity index (χ1n) is 7.02. The van der Waals surface area contributed by atoms with Crippen molar-refractivity contribution in [2.75, 3.05) is 13.7 Å². The van der Waals surface area contributed by atoms with Gasteiger partial charge in [0.25, 0.3) is 0 Å². The van der Waals surface area contributed by atoms with Gasteiger partial charge in [-0.15, -0.1) is 10.2 Å². The first kappa shape index (κ1) is 16.7. The standard InChI is InChI=1S/C15H13F3N4OS/c1-23-9-8-22-11-5-3-2-4-10(11)19-14(22)24-13-7-6-12(20-21-13)15(16,17)18/h2-7H,8-9H2,1H3. The van der Waals surface area contributed by atoms with Gasteiger partial charge in [0.15, 0.2) is 10.9 Å². The maximum absolute atomic E-state index is 12.5. The summed E-state index contributed by atoms with van der Waals surface area (Å²) in [5.41, 5.74) is 0.715. The van der Waals surface area contributed by atoms with Crippen LogP contribution in [0.25, 0.3) is 11.0 Å². The van der Waals surface area contributed by atoms with Crippen LogP contribution < -0.4 is 0 Å². The minimum Gasteiger partial charge on any atom is -0.383 e. The number of ether oxygens (including phenoxy) is 1. The van der Waals surface area contributed by atoms with E-state index in [-0.39, 0.29) is 0 Å². The summed E-state index contributed by atoms with van der Waals surface area (Å²) >= 11 is 1.17. The molecule has 1 aromatic carbocycles. The summed E-state index contributed by atoms with van der Waals surface area (Å²) < 4.78 is 44.7. The molecule has 24 heavy (non-hydrogen) atoms. The summed E-state index contributed by atoms with van der Waals surface area (Å²) in [5.74, 6) is 0. The van der Waals surface area contributed by atoms with Crippen molar-refractivity contribution in [3.05, 3.63) is 42.1 Å². The highest BCUT2D eigenvalue weighted by molar-refractivity contribution is 7.99. The van der Waals surface area contributed by atoms with Crippen LogP contribution in [-0.4, -0.2) is 33.5 Å². The topological polar surface area (TPSA) is 52.8 Å². The highest BCUT2D eigenvalue weighted by atomic mass is 32.2. The lowest BCUT2D eigenvalue weighted by atomic mass is 10.3. The third kappa shape index (κ3) is 3.51. The second-order valence-electron chi connectivity index (χ2n) is 4.88. The summed E-state index contributed by atoms with van der Waals surface area (Å²) in [6.07, 6.45) is -4.50. The van der Waals surface area contributed by atoms with Gasteiger partial charge in [0.05, 0.1) is 17.6 Å². The van der Waals surface area contributed by atoms with E-state index < -0.39 is 11.9 Å². The Kier molecular flexibility index (Phi) is 4.72. The monoisotopic (exact) mass is 354 g/mol. The minimum atomic E-state index is -4.50. The van der Waals surface area contributed by atoms with Gasteiger partial charge in [-0.3, -0.25) is 0 Å². The molecule has 5 nitrogen and oxygen atoms in total. The van der Waals surface area contributed by atoms with Crippen LogP contribution in [0.15, 0.2) is 46.6 Å². The van der Waals surface area contributed by atoms with Crippen LogP contribution in [-0.2, 0) is 17.5 Å². The zero-order valence-corrected chi connectivity index (χ0v) is 13.4. The smallest absolute Gasteiger partial charge is 0.383 e. The number of benzene rings is 1. The number of hydrogen-bond acceptors (Lipinski definition) is 5. The number of hydrogen-bond donors (Lipinski definition) is 0. The molecule has 0 saturated heterocycles. The fourth-order valence-electron chi connectivity index (χ4n) is 2.15. The van der Waals surface area contributed by atoms with Crippen molar-refractivity contribution in [1.82, 2.24) is 19.7 Å². The van der Waals surface area contributed by atoms with E-state index in [0.717, 1.165) is 17.1 Å². The molecule has 126 valence electrons. The highest BCUT2D eigenvalue weighted by Gasteiger charge is 2.32. The Morgan fingerprint density at radius 3 is 2.58 bits per heavy atom. The highest BCUT2D eigenvalue weighted by Crippen LogP contribution is 2.31. The molecule has 3 aromatic rings. The minimum absolute atomic E-state index is 0.344. The van der Waals surface area contributed by atoms with Gasteiger partial charge in [-0.1, -0.05) is 12.1 Å². The van der Waals surface area contributed by atoms with E-state index in [2.05, 4.69) is 15.2 Å². The van der Waals surface area contributed by atoms with Gasteiger partial charge < -0.3 is 9.30 Å². The summed E-state index contributed by atoms with van der Waals surface area (Å²) in [6.45, 7) is 1.07. The van der Waals surface area contributed by atoms with Gasteiger partial charge >= 0.3 is 6.18 Å². The molecular weight excluding hydrogens is 341 g/mol. The lowest BCUT2D eigenvalue weighted by Crippen LogP contribution is -2.09. The molecule has 0 bridgehead atoms. The van der Waals surface area contributed by atoms with E-state index in [9.17, 15) is 13.2 Å². The van der Waals surface area contributed by atoms with E-state index in [1.165, 1.54) is 17.8 Å². The molecule has 0 unspecified atom stereocenters.